The first-order valence-corrected chi connectivity index (χ1v) is 12.7. The van der Waals surface area contributed by atoms with E-state index in [1.54, 1.807) is 19.2 Å². The summed E-state index contributed by atoms with van der Waals surface area (Å²) in [6, 6.07) is 20.5. The smallest absolute Gasteiger partial charge is 0.220 e. The molecule has 0 fully saturated rings. The Hall–Kier alpha value is -3.32. The molecule has 4 rings (SSSR count). The molecule has 1 heterocycles. The first-order valence-electron chi connectivity index (χ1n) is 10.8. The van der Waals surface area contributed by atoms with Crippen molar-refractivity contribution in [3.05, 3.63) is 77.9 Å². The molecular formula is C26H27NO5S. The average Bonchev–Trinajstić information content (AvgIpc) is 3.23. The fourth-order valence-electron chi connectivity index (χ4n) is 3.98. The number of benzene rings is 3. The average molecular weight is 466 g/mol. The van der Waals surface area contributed by atoms with Crippen LogP contribution in [0.15, 0.2) is 71.6 Å². The molecule has 33 heavy (non-hydrogen) atoms. The van der Waals surface area contributed by atoms with Crippen molar-refractivity contribution in [2.75, 3.05) is 19.9 Å². The van der Waals surface area contributed by atoms with Gasteiger partial charge in [0.2, 0.25) is 5.91 Å². The molecule has 0 aromatic heterocycles. The Labute approximate surface area is 194 Å². The van der Waals surface area contributed by atoms with E-state index in [2.05, 4.69) is 11.4 Å². The summed E-state index contributed by atoms with van der Waals surface area (Å²) in [5.41, 5.74) is 4.03. The summed E-state index contributed by atoms with van der Waals surface area (Å²) in [6.07, 6.45) is 2.79. The summed E-state index contributed by atoms with van der Waals surface area (Å²) in [5, 5.41) is 2.97. The quantitative estimate of drug-likeness (QED) is 0.547. The second-order valence-electron chi connectivity index (χ2n) is 8.18. The van der Waals surface area contributed by atoms with Gasteiger partial charge in [-0.05, 0) is 59.0 Å². The summed E-state index contributed by atoms with van der Waals surface area (Å²) in [7, 11) is -1.59. The van der Waals surface area contributed by atoms with E-state index < -0.39 is 9.84 Å². The van der Waals surface area contributed by atoms with Crippen molar-refractivity contribution >= 4 is 15.7 Å². The van der Waals surface area contributed by atoms with Gasteiger partial charge in [0.05, 0.1) is 18.6 Å². The van der Waals surface area contributed by atoms with Gasteiger partial charge in [0.1, 0.15) is 17.6 Å². The van der Waals surface area contributed by atoms with Crippen LogP contribution in [0.4, 0.5) is 0 Å². The number of ether oxygens (including phenoxy) is 2. The van der Waals surface area contributed by atoms with Crippen LogP contribution in [0.25, 0.3) is 11.1 Å². The molecule has 0 bridgehead atoms. The summed E-state index contributed by atoms with van der Waals surface area (Å²) < 4.78 is 34.7. The third-order valence-electron chi connectivity index (χ3n) is 5.76. The predicted molar refractivity (Wildman–Crippen MR) is 127 cm³/mol. The zero-order valence-electron chi connectivity index (χ0n) is 18.7. The largest absolute Gasteiger partial charge is 0.496 e. The maximum atomic E-state index is 12.3. The number of methoxy groups -OCH3 is 1. The fourth-order valence-corrected chi connectivity index (χ4v) is 4.61. The molecule has 0 aliphatic carbocycles. The van der Waals surface area contributed by atoms with Crippen molar-refractivity contribution in [2.45, 2.75) is 30.3 Å². The van der Waals surface area contributed by atoms with E-state index in [1.807, 2.05) is 48.5 Å². The molecule has 3 aromatic carbocycles. The van der Waals surface area contributed by atoms with Crippen LogP contribution in [0.2, 0.25) is 0 Å². The number of para-hydroxylation sites is 1. The molecule has 7 heteroatoms. The van der Waals surface area contributed by atoms with Gasteiger partial charge in [0.15, 0.2) is 9.84 Å². The van der Waals surface area contributed by atoms with E-state index in [9.17, 15) is 13.2 Å². The third kappa shape index (κ3) is 5.54. The highest BCUT2D eigenvalue weighted by atomic mass is 32.2. The summed E-state index contributed by atoms with van der Waals surface area (Å²) >= 11 is 0. The first kappa shape index (κ1) is 22.9. The molecule has 1 aliphatic heterocycles. The van der Waals surface area contributed by atoms with Gasteiger partial charge in [0.25, 0.3) is 0 Å². The number of hydrogen-bond acceptors (Lipinski definition) is 5. The lowest BCUT2D eigenvalue weighted by Gasteiger charge is -2.12. The van der Waals surface area contributed by atoms with Crippen molar-refractivity contribution < 1.29 is 22.7 Å². The Balaban J connectivity index is 1.32. The topological polar surface area (TPSA) is 81.7 Å². The normalized spacial score (nSPS) is 14.9. The Kier molecular flexibility index (Phi) is 6.70. The van der Waals surface area contributed by atoms with Gasteiger partial charge < -0.3 is 14.8 Å². The van der Waals surface area contributed by atoms with E-state index in [0.717, 1.165) is 33.8 Å². The lowest BCUT2D eigenvalue weighted by Crippen LogP contribution is -2.34. The maximum Gasteiger partial charge on any atom is 0.220 e. The number of carbonyl (C=O) groups excluding carboxylic acids is 1. The van der Waals surface area contributed by atoms with Crippen molar-refractivity contribution in [3.8, 4) is 22.6 Å². The Morgan fingerprint density at radius 3 is 2.52 bits per heavy atom. The van der Waals surface area contributed by atoms with E-state index in [0.29, 0.717) is 30.7 Å². The number of aryl methyl sites for hydroxylation is 1. The van der Waals surface area contributed by atoms with Gasteiger partial charge in [0, 0.05) is 19.1 Å². The number of nitrogens with one attached hydrogen (secondary N) is 1. The monoisotopic (exact) mass is 465 g/mol. The van der Waals surface area contributed by atoms with E-state index in [4.69, 9.17) is 9.47 Å². The number of sulfone groups is 1. The van der Waals surface area contributed by atoms with Crippen LogP contribution in [0, 0.1) is 0 Å². The van der Waals surface area contributed by atoms with E-state index >= 15 is 0 Å². The van der Waals surface area contributed by atoms with Crippen LogP contribution in [0.1, 0.15) is 17.5 Å². The standard InChI is InChI=1S/C26H27NO5S/c1-31-24-6-4-3-5-19(24)10-14-26(28)27-17-22-16-21-15-20(9-13-25(21)32-22)18-7-11-23(12-8-18)33(2,29)30/h3-9,11-13,15,22H,10,14,16-17H2,1-2H3,(H,27,28)/t22-/m0/s1. The molecule has 6 nitrogen and oxygen atoms in total. The molecule has 1 atom stereocenters. The molecule has 0 saturated heterocycles. The van der Waals surface area contributed by atoms with Crippen molar-refractivity contribution in [2.24, 2.45) is 0 Å². The minimum absolute atomic E-state index is 0.0212. The minimum atomic E-state index is -3.22. The van der Waals surface area contributed by atoms with Crippen molar-refractivity contribution in [3.63, 3.8) is 0 Å². The van der Waals surface area contributed by atoms with Crippen LogP contribution in [-0.4, -0.2) is 40.3 Å². The van der Waals surface area contributed by atoms with Crippen LogP contribution < -0.4 is 14.8 Å². The van der Waals surface area contributed by atoms with Gasteiger partial charge in [-0.15, -0.1) is 0 Å². The van der Waals surface area contributed by atoms with Gasteiger partial charge >= 0.3 is 0 Å². The number of amides is 1. The van der Waals surface area contributed by atoms with Crippen LogP contribution in [0.5, 0.6) is 11.5 Å². The molecule has 0 unspecified atom stereocenters. The Morgan fingerprint density at radius 2 is 1.79 bits per heavy atom. The molecule has 1 amide bonds. The van der Waals surface area contributed by atoms with E-state index in [1.165, 1.54) is 6.26 Å². The second-order valence-corrected chi connectivity index (χ2v) is 10.2. The fraction of sp³-hybridized carbons (Fsp3) is 0.269. The Bertz CT molecular complexity index is 1250. The highest BCUT2D eigenvalue weighted by Crippen LogP contribution is 2.33. The van der Waals surface area contributed by atoms with Gasteiger partial charge in [-0.1, -0.05) is 36.4 Å². The second kappa shape index (κ2) is 9.67. The van der Waals surface area contributed by atoms with Crippen LogP contribution in [-0.2, 0) is 27.5 Å². The lowest BCUT2D eigenvalue weighted by molar-refractivity contribution is -0.121. The third-order valence-corrected chi connectivity index (χ3v) is 6.89. The van der Waals surface area contributed by atoms with Crippen LogP contribution >= 0.6 is 0 Å². The van der Waals surface area contributed by atoms with Gasteiger partial charge in [-0.3, -0.25) is 4.79 Å². The number of fused-ring (bicyclic) bond motifs is 1. The molecule has 0 radical (unpaired) electrons. The molecule has 1 N–H and O–H groups in total. The zero-order chi connectivity index (χ0) is 23.4. The predicted octanol–water partition coefficient (Wildman–Crippen LogP) is 3.82. The maximum absolute atomic E-state index is 12.3. The highest BCUT2D eigenvalue weighted by molar-refractivity contribution is 7.90. The number of carbonyl (C=O) groups is 1. The molecule has 1 aliphatic rings. The molecule has 172 valence electrons. The summed E-state index contributed by atoms with van der Waals surface area (Å²) in [4.78, 5) is 12.6. The van der Waals surface area contributed by atoms with Gasteiger partial charge in [-0.25, -0.2) is 8.42 Å². The lowest BCUT2D eigenvalue weighted by atomic mass is 10.0. The molecular weight excluding hydrogens is 438 g/mol. The Morgan fingerprint density at radius 1 is 1.06 bits per heavy atom. The molecule has 0 spiro atoms. The van der Waals surface area contributed by atoms with Crippen molar-refractivity contribution in [1.29, 1.82) is 0 Å². The molecule has 3 aromatic rings. The summed E-state index contributed by atoms with van der Waals surface area (Å²) in [5.74, 6) is 1.59. The number of hydrogen-bond donors (Lipinski definition) is 1. The summed E-state index contributed by atoms with van der Waals surface area (Å²) in [6.45, 7) is 0.442. The minimum Gasteiger partial charge on any atom is -0.496 e. The molecule has 0 saturated carbocycles. The van der Waals surface area contributed by atoms with E-state index in [-0.39, 0.29) is 12.0 Å². The van der Waals surface area contributed by atoms with Crippen molar-refractivity contribution in [1.82, 2.24) is 5.32 Å². The number of rotatable bonds is 8. The van der Waals surface area contributed by atoms with Gasteiger partial charge in [-0.2, -0.15) is 0 Å². The zero-order valence-corrected chi connectivity index (χ0v) is 19.5. The SMILES string of the molecule is COc1ccccc1CCC(=O)NC[C@@H]1Cc2cc(-c3ccc(S(C)(=O)=O)cc3)ccc2O1. The first-order chi connectivity index (χ1) is 15.8. The highest BCUT2D eigenvalue weighted by Gasteiger charge is 2.24. The van der Waals surface area contributed by atoms with Crippen LogP contribution in [0.3, 0.4) is 0 Å².